The molecule has 0 atom stereocenters. The van der Waals surface area contributed by atoms with Gasteiger partial charge in [0, 0.05) is 5.69 Å². The monoisotopic (exact) mass is 238 g/mol. The number of hydrogen-bond acceptors (Lipinski definition) is 3. The number of benzene rings is 1. The molecular weight excluding hydrogens is 224 g/mol. The number of rotatable bonds is 3. The SMILES string of the molecule is Cc1cc(C=O)nc(C2(c3ccccc3)CC2)n1. The van der Waals surface area contributed by atoms with Crippen LogP contribution in [-0.2, 0) is 5.41 Å². The van der Waals surface area contributed by atoms with Crippen LogP contribution < -0.4 is 0 Å². The molecule has 1 saturated carbocycles. The zero-order valence-corrected chi connectivity index (χ0v) is 10.3. The van der Waals surface area contributed by atoms with Gasteiger partial charge in [-0.1, -0.05) is 30.3 Å². The maximum atomic E-state index is 10.9. The summed E-state index contributed by atoms with van der Waals surface area (Å²) in [5.41, 5.74) is 2.50. The van der Waals surface area contributed by atoms with Crippen molar-refractivity contribution in [2.24, 2.45) is 0 Å². The molecule has 1 heterocycles. The fourth-order valence-corrected chi connectivity index (χ4v) is 2.39. The number of aldehydes is 1. The summed E-state index contributed by atoms with van der Waals surface area (Å²) in [5.74, 6) is 0.788. The van der Waals surface area contributed by atoms with Crippen LogP contribution in [0.2, 0.25) is 0 Å². The number of carbonyl (C=O) groups is 1. The molecule has 0 amide bonds. The van der Waals surface area contributed by atoms with Crippen LogP contribution in [0.25, 0.3) is 0 Å². The zero-order chi connectivity index (χ0) is 12.6. The van der Waals surface area contributed by atoms with Gasteiger partial charge in [-0.15, -0.1) is 0 Å². The Morgan fingerprint density at radius 3 is 2.50 bits per heavy atom. The highest BCUT2D eigenvalue weighted by Crippen LogP contribution is 2.52. The van der Waals surface area contributed by atoms with Gasteiger partial charge in [0.1, 0.15) is 11.5 Å². The third-order valence-corrected chi connectivity index (χ3v) is 3.50. The zero-order valence-electron chi connectivity index (χ0n) is 10.3. The maximum absolute atomic E-state index is 10.9. The summed E-state index contributed by atoms with van der Waals surface area (Å²) in [6.07, 6.45) is 2.90. The summed E-state index contributed by atoms with van der Waals surface area (Å²) in [6.45, 7) is 1.90. The van der Waals surface area contributed by atoms with Crippen LogP contribution in [0, 0.1) is 6.92 Å². The molecule has 0 bridgehead atoms. The van der Waals surface area contributed by atoms with Gasteiger partial charge in [-0.2, -0.15) is 0 Å². The largest absolute Gasteiger partial charge is 0.296 e. The maximum Gasteiger partial charge on any atom is 0.168 e. The minimum absolute atomic E-state index is 0.0644. The molecule has 3 rings (SSSR count). The van der Waals surface area contributed by atoms with Gasteiger partial charge in [0.25, 0.3) is 0 Å². The van der Waals surface area contributed by atoms with Crippen molar-refractivity contribution in [1.29, 1.82) is 0 Å². The van der Waals surface area contributed by atoms with E-state index in [4.69, 9.17) is 0 Å². The predicted octanol–water partition coefficient (Wildman–Crippen LogP) is 2.68. The standard InChI is InChI=1S/C15H14N2O/c1-11-9-13(10-18)17-14(16-11)15(7-8-15)12-5-3-2-4-6-12/h2-6,9-10H,7-8H2,1H3. The Labute approximate surface area is 106 Å². The van der Waals surface area contributed by atoms with Gasteiger partial charge in [-0.25, -0.2) is 9.97 Å². The van der Waals surface area contributed by atoms with Crippen LogP contribution in [0.3, 0.4) is 0 Å². The molecule has 18 heavy (non-hydrogen) atoms. The van der Waals surface area contributed by atoms with Gasteiger partial charge in [0.2, 0.25) is 0 Å². The lowest BCUT2D eigenvalue weighted by Gasteiger charge is -2.15. The number of aromatic nitrogens is 2. The van der Waals surface area contributed by atoms with Crippen LogP contribution in [0.4, 0.5) is 0 Å². The van der Waals surface area contributed by atoms with E-state index in [1.165, 1.54) is 5.56 Å². The molecule has 3 heteroatoms. The summed E-state index contributed by atoms with van der Waals surface area (Å²) in [6, 6.07) is 12.0. The van der Waals surface area contributed by atoms with Crippen LogP contribution in [0.5, 0.6) is 0 Å². The molecule has 1 fully saturated rings. The second kappa shape index (κ2) is 4.02. The van der Waals surface area contributed by atoms with Crippen molar-refractivity contribution >= 4 is 6.29 Å². The number of aryl methyl sites for hydroxylation is 1. The van der Waals surface area contributed by atoms with Gasteiger partial charge in [-0.05, 0) is 31.4 Å². The molecule has 90 valence electrons. The quantitative estimate of drug-likeness (QED) is 0.772. The van der Waals surface area contributed by atoms with Gasteiger partial charge in [0.15, 0.2) is 6.29 Å². The molecule has 0 aliphatic heterocycles. The van der Waals surface area contributed by atoms with E-state index in [1.807, 2.05) is 25.1 Å². The normalized spacial score (nSPS) is 16.3. The second-order valence-electron chi connectivity index (χ2n) is 4.82. The first kappa shape index (κ1) is 11.1. The first-order valence-corrected chi connectivity index (χ1v) is 6.11. The highest BCUT2D eigenvalue weighted by Gasteiger charge is 2.48. The lowest BCUT2D eigenvalue weighted by atomic mass is 9.95. The minimum Gasteiger partial charge on any atom is -0.296 e. The average Bonchev–Trinajstić information content (AvgIpc) is 3.20. The summed E-state index contributed by atoms with van der Waals surface area (Å²) in [7, 11) is 0. The van der Waals surface area contributed by atoms with E-state index in [2.05, 4.69) is 22.1 Å². The molecule has 0 N–H and O–H groups in total. The predicted molar refractivity (Wildman–Crippen MR) is 68.6 cm³/mol. The van der Waals surface area contributed by atoms with Gasteiger partial charge >= 0.3 is 0 Å². The van der Waals surface area contributed by atoms with Gasteiger partial charge in [-0.3, -0.25) is 4.79 Å². The van der Waals surface area contributed by atoms with Gasteiger partial charge < -0.3 is 0 Å². The van der Waals surface area contributed by atoms with E-state index in [0.29, 0.717) is 5.69 Å². The molecule has 0 unspecified atom stereocenters. The molecule has 0 saturated heterocycles. The fourth-order valence-electron chi connectivity index (χ4n) is 2.39. The first-order valence-electron chi connectivity index (χ1n) is 6.11. The Morgan fingerprint density at radius 2 is 1.89 bits per heavy atom. The smallest absolute Gasteiger partial charge is 0.168 e. The third kappa shape index (κ3) is 1.72. The summed E-state index contributed by atoms with van der Waals surface area (Å²) in [4.78, 5) is 19.8. The molecule has 1 aromatic heterocycles. The molecule has 0 spiro atoms. The van der Waals surface area contributed by atoms with Crippen molar-refractivity contribution < 1.29 is 4.79 Å². The van der Waals surface area contributed by atoms with Crippen molar-refractivity contribution in [2.75, 3.05) is 0 Å². The average molecular weight is 238 g/mol. The van der Waals surface area contributed by atoms with Crippen molar-refractivity contribution in [2.45, 2.75) is 25.2 Å². The summed E-state index contributed by atoms with van der Waals surface area (Å²) < 4.78 is 0. The topological polar surface area (TPSA) is 42.9 Å². The Balaban J connectivity index is 2.10. The van der Waals surface area contributed by atoms with Crippen LogP contribution in [0.1, 0.15) is 40.4 Å². The highest BCUT2D eigenvalue weighted by atomic mass is 16.1. The van der Waals surface area contributed by atoms with Crippen molar-refractivity contribution in [1.82, 2.24) is 9.97 Å². The molecule has 3 nitrogen and oxygen atoms in total. The molecule has 2 aromatic rings. The summed E-state index contributed by atoms with van der Waals surface area (Å²) in [5, 5.41) is 0. The number of nitrogens with zero attached hydrogens (tertiary/aromatic N) is 2. The molecule has 0 radical (unpaired) electrons. The molecule has 1 aliphatic rings. The van der Waals surface area contributed by atoms with Crippen molar-refractivity contribution in [3.05, 3.63) is 59.2 Å². The van der Waals surface area contributed by atoms with Crippen LogP contribution >= 0.6 is 0 Å². The molecule has 1 aliphatic carbocycles. The molecule has 1 aromatic carbocycles. The van der Waals surface area contributed by atoms with E-state index >= 15 is 0 Å². The Hall–Kier alpha value is -2.03. The van der Waals surface area contributed by atoms with E-state index in [1.54, 1.807) is 6.07 Å². The number of carbonyl (C=O) groups excluding carboxylic acids is 1. The van der Waals surface area contributed by atoms with E-state index < -0.39 is 0 Å². The van der Waals surface area contributed by atoms with Crippen LogP contribution in [-0.4, -0.2) is 16.3 Å². The third-order valence-electron chi connectivity index (χ3n) is 3.50. The lowest BCUT2D eigenvalue weighted by Crippen LogP contribution is -2.15. The fraction of sp³-hybridized carbons (Fsp3) is 0.267. The first-order chi connectivity index (χ1) is 8.74. The Bertz CT molecular complexity index is 589. The van der Waals surface area contributed by atoms with Crippen molar-refractivity contribution in [3.8, 4) is 0 Å². The molecular formula is C15H14N2O. The lowest BCUT2D eigenvalue weighted by molar-refractivity contribution is 0.111. The highest BCUT2D eigenvalue weighted by molar-refractivity contribution is 5.71. The second-order valence-corrected chi connectivity index (χ2v) is 4.82. The van der Waals surface area contributed by atoms with E-state index in [0.717, 1.165) is 30.6 Å². The van der Waals surface area contributed by atoms with Crippen molar-refractivity contribution in [3.63, 3.8) is 0 Å². The number of hydrogen-bond donors (Lipinski definition) is 0. The van der Waals surface area contributed by atoms with Crippen LogP contribution in [0.15, 0.2) is 36.4 Å². The van der Waals surface area contributed by atoms with E-state index in [9.17, 15) is 4.79 Å². The summed E-state index contributed by atoms with van der Waals surface area (Å²) >= 11 is 0. The van der Waals surface area contributed by atoms with Gasteiger partial charge in [0.05, 0.1) is 5.41 Å². The Kier molecular flexibility index (Phi) is 2.47. The Morgan fingerprint density at radius 1 is 1.17 bits per heavy atom. The minimum atomic E-state index is -0.0644. The van der Waals surface area contributed by atoms with E-state index in [-0.39, 0.29) is 5.41 Å².